The van der Waals surface area contributed by atoms with E-state index in [1.807, 2.05) is 0 Å². The summed E-state index contributed by atoms with van der Waals surface area (Å²) in [6.45, 7) is 5.33. The number of carbonyl (C=O) groups excluding carboxylic acids is 1. The molecule has 2 aromatic carbocycles. The lowest BCUT2D eigenvalue weighted by Crippen LogP contribution is -2.39. The van der Waals surface area contributed by atoms with Crippen LogP contribution in [0.5, 0.6) is 0 Å². The minimum absolute atomic E-state index is 0.0261. The third kappa shape index (κ3) is 5.27. The van der Waals surface area contributed by atoms with Crippen LogP contribution in [-0.2, 0) is 14.6 Å². The lowest BCUT2D eigenvalue weighted by Gasteiger charge is -2.28. The van der Waals surface area contributed by atoms with E-state index in [1.54, 1.807) is 12.1 Å². The Labute approximate surface area is 200 Å². The van der Waals surface area contributed by atoms with Crippen molar-refractivity contribution in [1.82, 2.24) is 9.88 Å². The van der Waals surface area contributed by atoms with Gasteiger partial charge in [-0.15, -0.1) is 0 Å². The van der Waals surface area contributed by atoms with E-state index in [2.05, 4.69) is 9.88 Å². The largest absolute Gasteiger partial charge is 0.379 e. The molecule has 7 nitrogen and oxygen atoms in total. The predicted molar refractivity (Wildman–Crippen MR) is 127 cm³/mol. The maximum Gasteiger partial charge on any atom is 0.261 e. The number of amides is 1. The summed E-state index contributed by atoms with van der Waals surface area (Å²) in [5.41, 5.74) is 0.00322. The number of ether oxygens (including phenoxy) is 1. The molecule has 1 aliphatic heterocycles. The van der Waals surface area contributed by atoms with Crippen molar-refractivity contribution in [3.05, 3.63) is 53.6 Å². The van der Waals surface area contributed by atoms with Gasteiger partial charge in [-0.3, -0.25) is 14.6 Å². The van der Waals surface area contributed by atoms with Crippen LogP contribution in [-0.4, -0.2) is 69.4 Å². The number of sulfone groups is 1. The van der Waals surface area contributed by atoms with Gasteiger partial charge in [0, 0.05) is 32.2 Å². The van der Waals surface area contributed by atoms with Crippen molar-refractivity contribution in [3.8, 4) is 0 Å². The molecule has 34 heavy (non-hydrogen) atoms. The Morgan fingerprint density at radius 1 is 1.21 bits per heavy atom. The first-order valence-electron chi connectivity index (χ1n) is 11.0. The van der Waals surface area contributed by atoms with E-state index in [1.165, 1.54) is 30.0 Å². The molecule has 0 unspecified atom stereocenters. The van der Waals surface area contributed by atoms with Crippen molar-refractivity contribution in [2.75, 3.05) is 50.0 Å². The summed E-state index contributed by atoms with van der Waals surface area (Å²) in [6.07, 6.45) is 0.585. The molecule has 4 rings (SSSR count). The van der Waals surface area contributed by atoms with Gasteiger partial charge in [0.1, 0.15) is 11.3 Å². The third-order valence-corrected chi connectivity index (χ3v) is 8.48. The lowest BCUT2D eigenvalue weighted by atomic mass is 10.2. The van der Waals surface area contributed by atoms with Crippen molar-refractivity contribution < 1.29 is 26.7 Å². The number of morpholine rings is 1. The highest BCUT2D eigenvalue weighted by molar-refractivity contribution is 7.91. The van der Waals surface area contributed by atoms with Crippen LogP contribution < -0.4 is 4.90 Å². The molecule has 0 N–H and O–H groups in total. The molecule has 0 radical (unpaired) electrons. The molecule has 0 spiro atoms. The minimum Gasteiger partial charge on any atom is -0.379 e. The Balaban J connectivity index is 1.69. The zero-order valence-electron chi connectivity index (χ0n) is 18.7. The number of anilines is 1. The molecule has 1 fully saturated rings. The van der Waals surface area contributed by atoms with E-state index in [0.717, 1.165) is 30.5 Å². The third-order valence-electron chi connectivity index (χ3n) is 5.67. The molecule has 0 saturated carbocycles. The number of hydrogen-bond donors (Lipinski definition) is 0. The number of aromatic nitrogens is 1. The highest BCUT2D eigenvalue weighted by atomic mass is 32.2. The normalized spacial score (nSPS) is 15.0. The Bertz CT molecular complexity index is 1290. The summed E-state index contributed by atoms with van der Waals surface area (Å²) in [7, 11) is -3.66. The Morgan fingerprint density at radius 3 is 2.68 bits per heavy atom. The van der Waals surface area contributed by atoms with E-state index in [0.29, 0.717) is 26.2 Å². The smallest absolute Gasteiger partial charge is 0.261 e. The average Bonchev–Trinajstić information content (AvgIpc) is 3.26. The lowest BCUT2D eigenvalue weighted by molar-refractivity contribution is 0.0376. The van der Waals surface area contributed by atoms with Crippen LogP contribution in [0.1, 0.15) is 23.7 Å². The van der Waals surface area contributed by atoms with Gasteiger partial charge < -0.3 is 4.74 Å². The van der Waals surface area contributed by atoms with Gasteiger partial charge in [0.05, 0.1) is 34.1 Å². The molecule has 1 aromatic heterocycles. The molecule has 1 amide bonds. The fourth-order valence-electron chi connectivity index (χ4n) is 3.84. The Kier molecular flexibility index (Phi) is 7.56. The van der Waals surface area contributed by atoms with Crippen LogP contribution in [0.15, 0.2) is 41.3 Å². The number of carbonyl (C=O) groups is 1. The van der Waals surface area contributed by atoms with Crippen LogP contribution in [0.25, 0.3) is 10.2 Å². The van der Waals surface area contributed by atoms with E-state index < -0.39 is 27.4 Å². The van der Waals surface area contributed by atoms with Gasteiger partial charge in [-0.1, -0.05) is 30.4 Å². The number of benzene rings is 2. The fraction of sp³-hybridized carbons (Fsp3) is 0.391. The zero-order valence-corrected chi connectivity index (χ0v) is 20.3. The van der Waals surface area contributed by atoms with Crippen molar-refractivity contribution >= 4 is 42.4 Å². The SMILES string of the molecule is CCS(=O)(=O)c1ccccc1C(=O)N(CCCN1CCOCC1)c1nc2c(F)cc(F)cc2s1. The highest BCUT2D eigenvalue weighted by Gasteiger charge is 2.28. The van der Waals surface area contributed by atoms with Gasteiger partial charge in [0.2, 0.25) is 0 Å². The second kappa shape index (κ2) is 10.4. The molecule has 182 valence electrons. The predicted octanol–water partition coefficient (Wildman–Crippen LogP) is 3.74. The second-order valence-corrected chi connectivity index (χ2v) is 11.2. The van der Waals surface area contributed by atoms with Crippen LogP contribution >= 0.6 is 11.3 Å². The maximum absolute atomic E-state index is 14.3. The number of rotatable bonds is 8. The van der Waals surface area contributed by atoms with Crippen molar-refractivity contribution in [3.63, 3.8) is 0 Å². The summed E-state index contributed by atoms with van der Waals surface area (Å²) in [5.74, 6) is -2.24. The molecule has 1 aliphatic rings. The molecule has 2 heterocycles. The van der Waals surface area contributed by atoms with Gasteiger partial charge in [-0.25, -0.2) is 22.2 Å². The molecule has 0 atom stereocenters. The quantitative estimate of drug-likeness (QED) is 0.460. The number of thiazole rings is 1. The maximum atomic E-state index is 14.3. The van der Waals surface area contributed by atoms with E-state index in [9.17, 15) is 22.0 Å². The monoisotopic (exact) mass is 509 g/mol. The molecular formula is C23H25F2N3O4S2. The van der Waals surface area contributed by atoms with Gasteiger partial charge in [0.25, 0.3) is 5.91 Å². The average molecular weight is 510 g/mol. The van der Waals surface area contributed by atoms with Crippen LogP contribution in [0.4, 0.5) is 13.9 Å². The zero-order chi connectivity index (χ0) is 24.3. The van der Waals surface area contributed by atoms with Gasteiger partial charge in [-0.05, 0) is 24.6 Å². The first-order chi connectivity index (χ1) is 16.3. The van der Waals surface area contributed by atoms with Crippen molar-refractivity contribution in [2.45, 2.75) is 18.2 Å². The van der Waals surface area contributed by atoms with E-state index in [4.69, 9.17) is 4.74 Å². The molecule has 0 aliphatic carbocycles. The highest BCUT2D eigenvalue weighted by Crippen LogP contribution is 2.33. The number of fused-ring (bicyclic) bond motifs is 1. The van der Waals surface area contributed by atoms with Crippen LogP contribution in [0.2, 0.25) is 0 Å². The van der Waals surface area contributed by atoms with Crippen LogP contribution in [0, 0.1) is 11.6 Å². The number of nitrogens with zero attached hydrogens (tertiary/aromatic N) is 3. The molecular weight excluding hydrogens is 484 g/mol. The van der Waals surface area contributed by atoms with Gasteiger partial charge in [0.15, 0.2) is 20.8 Å². The number of halogens is 2. The molecule has 3 aromatic rings. The summed E-state index contributed by atoms with van der Waals surface area (Å²) in [6, 6.07) is 7.96. The van der Waals surface area contributed by atoms with Gasteiger partial charge in [-0.2, -0.15) is 0 Å². The summed E-state index contributed by atoms with van der Waals surface area (Å²) in [5, 5.41) is 0.190. The van der Waals surface area contributed by atoms with E-state index >= 15 is 0 Å². The molecule has 1 saturated heterocycles. The molecule has 11 heteroatoms. The van der Waals surface area contributed by atoms with Crippen molar-refractivity contribution in [1.29, 1.82) is 0 Å². The van der Waals surface area contributed by atoms with Crippen molar-refractivity contribution in [2.24, 2.45) is 0 Å². The summed E-state index contributed by atoms with van der Waals surface area (Å²) in [4.78, 5) is 21.5. The summed E-state index contributed by atoms with van der Waals surface area (Å²) < 4.78 is 59.0. The summed E-state index contributed by atoms with van der Waals surface area (Å²) >= 11 is 0.993. The molecule has 0 bridgehead atoms. The van der Waals surface area contributed by atoms with Gasteiger partial charge >= 0.3 is 0 Å². The first kappa shape index (κ1) is 24.6. The second-order valence-electron chi connectivity index (χ2n) is 7.89. The topological polar surface area (TPSA) is 79.8 Å². The minimum atomic E-state index is -3.66. The number of hydrogen-bond acceptors (Lipinski definition) is 7. The fourth-order valence-corrected chi connectivity index (χ4v) is 5.95. The van der Waals surface area contributed by atoms with E-state index in [-0.39, 0.29) is 38.1 Å². The standard InChI is InChI=1S/C23H25F2N3O4S2/c1-2-34(30,31)20-7-4-3-6-17(20)22(29)28(9-5-8-27-10-12-32-13-11-27)23-26-21-18(25)14-16(24)15-19(21)33-23/h3-4,6-7,14-15H,2,5,8-13H2,1H3. The Morgan fingerprint density at radius 2 is 1.94 bits per heavy atom. The first-order valence-corrected chi connectivity index (χ1v) is 13.5. The Hall–Kier alpha value is -2.47. The van der Waals surface area contributed by atoms with Crippen LogP contribution in [0.3, 0.4) is 0 Å².